The SMILES string of the molecule is COc1c([C@H]2[C@H](C(=O)Nc3cnn(C4CCOCC4)c3C)O[C@@](C)(C(F)(F)F)[C@H]2C)ccc(F)c1F. The van der Waals surface area contributed by atoms with Crippen molar-refractivity contribution in [1.82, 2.24) is 9.78 Å². The van der Waals surface area contributed by atoms with E-state index in [9.17, 15) is 26.7 Å². The minimum absolute atomic E-state index is 0.0693. The molecule has 12 heteroatoms. The zero-order valence-corrected chi connectivity index (χ0v) is 20.3. The summed E-state index contributed by atoms with van der Waals surface area (Å²) in [4.78, 5) is 13.4. The summed E-state index contributed by atoms with van der Waals surface area (Å²) >= 11 is 0. The van der Waals surface area contributed by atoms with Crippen molar-refractivity contribution in [1.29, 1.82) is 0 Å². The van der Waals surface area contributed by atoms with Gasteiger partial charge < -0.3 is 19.5 Å². The van der Waals surface area contributed by atoms with Gasteiger partial charge in [-0.05, 0) is 32.8 Å². The normalized spacial score (nSPS) is 27.3. The second-order valence-electron chi connectivity index (χ2n) is 9.36. The first-order valence-electron chi connectivity index (χ1n) is 11.6. The van der Waals surface area contributed by atoms with Crippen molar-refractivity contribution in [2.75, 3.05) is 25.6 Å². The minimum Gasteiger partial charge on any atom is -0.493 e. The molecular weight excluding hydrogens is 489 g/mol. The maximum Gasteiger partial charge on any atom is 0.417 e. The molecule has 2 aliphatic heterocycles. The Morgan fingerprint density at radius 1 is 1.25 bits per heavy atom. The van der Waals surface area contributed by atoms with Gasteiger partial charge in [0, 0.05) is 30.6 Å². The van der Waals surface area contributed by atoms with E-state index in [-0.39, 0.29) is 11.6 Å². The number of hydrogen-bond donors (Lipinski definition) is 1. The van der Waals surface area contributed by atoms with Gasteiger partial charge in [-0.3, -0.25) is 9.48 Å². The first kappa shape index (κ1) is 26.3. The highest BCUT2D eigenvalue weighted by Crippen LogP contribution is 2.55. The Morgan fingerprint density at radius 3 is 2.53 bits per heavy atom. The van der Waals surface area contributed by atoms with Gasteiger partial charge in [-0.15, -0.1) is 0 Å². The Kier molecular flexibility index (Phi) is 7.04. The van der Waals surface area contributed by atoms with Crippen LogP contribution in [-0.4, -0.2) is 53.9 Å². The van der Waals surface area contributed by atoms with E-state index in [2.05, 4.69) is 10.4 Å². The standard InChI is InChI=1S/C24H28F5N3O4/c1-12-18(15-5-6-16(25)19(26)20(15)34-4)21(36-23(12,3)24(27,28)29)22(33)31-17-11-30-32(13(17)2)14-7-9-35-10-8-14/h5-6,11-12,14,18,21H,7-10H2,1-4H3,(H,31,33)/t12-,18-,21+,23+/m0/s1. The van der Waals surface area contributed by atoms with Crippen LogP contribution in [-0.2, 0) is 14.3 Å². The van der Waals surface area contributed by atoms with Gasteiger partial charge in [0.25, 0.3) is 5.91 Å². The molecule has 0 aliphatic carbocycles. The molecule has 1 aromatic heterocycles. The van der Waals surface area contributed by atoms with Gasteiger partial charge in [0.15, 0.2) is 17.2 Å². The van der Waals surface area contributed by atoms with E-state index >= 15 is 0 Å². The largest absolute Gasteiger partial charge is 0.493 e. The van der Waals surface area contributed by atoms with Crippen LogP contribution in [0.15, 0.2) is 18.3 Å². The molecule has 0 radical (unpaired) electrons. The van der Waals surface area contributed by atoms with Crippen molar-refractivity contribution in [3.05, 3.63) is 41.2 Å². The monoisotopic (exact) mass is 517 g/mol. The van der Waals surface area contributed by atoms with Crippen LogP contribution in [0.5, 0.6) is 5.75 Å². The molecule has 4 atom stereocenters. The number of ether oxygens (including phenoxy) is 3. The molecule has 2 aliphatic rings. The van der Waals surface area contributed by atoms with Gasteiger partial charge in [-0.25, -0.2) is 4.39 Å². The van der Waals surface area contributed by atoms with Crippen molar-refractivity contribution in [3.63, 3.8) is 0 Å². The average molecular weight is 517 g/mol. The maximum absolute atomic E-state index is 14.5. The second kappa shape index (κ2) is 9.62. The lowest BCUT2D eigenvalue weighted by Crippen LogP contribution is -2.47. The van der Waals surface area contributed by atoms with Gasteiger partial charge in [-0.1, -0.05) is 13.0 Å². The molecular formula is C24H28F5N3O4. The summed E-state index contributed by atoms with van der Waals surface area (Å²) in [6.07, 6.45) is -3.61. The Balaban J connectivity index is 1.70. The number of carbonyl (C=O) groups excluding carboxylic acids is 1. The molecule has 198 valence electrons. The van der Waals surface area contributed by atoms with Crippen molar-refractivity contribution < 1.29 is 41.0 Å². The quantitative estimate of drug-likeness (QED) is 0.571. The van der Waals surface area contributed by atoms with Crippen LogP contribution in [0.2, 0.25) is 0 Å². The molecule has 2 fully saturated rings. The Labute approximate surface area is 204 Å². The molecule has 0 saturated carbocycles. The molecule has 7 nitrogen and oxygen atoms in total. The van der Waals surface area contributed by atoms with Crippen LogP contribution < -0.4 is 10.1 Å². The number of hydrogen-bond acceptors (Lipinski definition) is 5. The number of anilines is 1. The van der Waals surface area contributed by atoms with Crippen molar-refractivity contribution in [2.45, 2.75) is 63.5 Å². The minimum atomic E-state index is -4.84. The van der Waals surface area contributed by atoms with E-state index in [1.807, 2.05) is 0 Å². The number of rotatable bonds is 5. The number of amides is 1. The van der Waals surface area contributed by atoms with E-state index in [1.165, 1.54) is 13.1 Å². The highest BCUT2D eigenvalue weighted by molar-refractivity contribution is 5.95. The number of alkyl halides is 3. The summed E-state index contributed by atoms with van der Waals surface area (Å²) in [6, 6.07) is 1.98. The Hall–Kier alpha value is -2.73. The number of aromatic nitrogens is 2. The summed E-state index contributed by atoms with van der Waals surface area (Å²) in [5.74, 6) is -6.62. The van der Waals surface area contributed by atoms with Crippen LogP contribution in [0.3, 0.4) is 0 Å². The zero-order valence-electron chi connectivity index (χ0n) is 20.3. The van der Waals surface area contributed by atoms with E-state index in [4.69, 9.17) is 14.2 Å². The molecule has 0 unspecified atom stereocenters. The number of methoxy groups -OCH3 is 1. The van der Waals surface area contributed by atoms with Crippen LogP contribution in [0.1, 0.15) is 49.9 Å². The molecule has 3 heterocycles. The van der Waals surface area contributed by atoms with Gasteiger partial charge >= 0.3 is 6.18 Å². The fourth-order valence-corrected chi connectivity index (χ4v) is 5.09. The van der Waals surface area contributed by atoms with Crippen LogP contribution in [0, 0.1) is 24.5 Å². The van der Waals surface area contributed by atoms with Gasteiger partial charge in [0.1, 0.15) is 6.10 Å². The topological polar surface area (TPSA) is 74.6 Å². The summed E-state index contributed by atoms with van der Waals surface area (Å²) in [5.41, 5.74) is -1.87. The maximum atomic E-state index is 14.5. The van der Waals surface area contributed by atoms with Gasteiger partial charge in [0.2, 0.25) is 5.82 Å². The number of nitrogens with one attached hydrogen (secondary N) is 1. The summed E-state index contributed by atoms with van der Waals surface area (Å²) in [6.45, 7) is 5.01. The van der Waals surface area contributed by atoms with Crippen LogP contribution in [0.25, 0.3) is 0 Å². The highest BCUT2D eigenvalue weighted by atomic mass is 19.4. The predicted molar refractivity (Wildman–Crippen MR) is 119 cm³/mol. The third kappa shape index (κ3) is 4.34. The van der Waals surface area contributed by atoms with Gasteiger partial charge in [-0.2, -0.15) is 22.7 Å². The lowest BCUT2D eigenvalue weighted by atomic mass is 9.77. The van der Waals surface area contributed by atoms with Crippen LogP contribution in [0.4, 0.5) is 27.6 Å². The number of carbonyl (C=O) groups is 1. The summed E-state index contributed by atoms with van der Waals surface area (Å²) in [7, 11) is 1.08. The number of benzene rings is 1. The first-order valence-corrected chi connectivity index (χ1v) is 11.6. The molecule has 2 saturated heterocycles. The lowest BCUT2D eigenvalue weighted by Gasteiger charge is -2.32. The van der Waals surface area contributed by atoms with Gasteiger partial charge in [0.05, 0.1) is 30.7 Å². The second-order valence-corrected chi connectivity index (χ2v) is 9.36. The molecule has 1 N–H and O–H groups in total. The molecule has 0 spiro atoms. The Bertz CT molecular complexity index is 1130. The number of halogens is 5. The molecule has 2 aromatic rings. The molecule has 36 heavy (non-hydrogen) atoms. The van der Waals surface area contributed by atoms with E-state index in [0.29, 0.717) is 24.6 Å². The zero-order chi connectivity index (χ0) is 26.4. The smallest absolute Gasteiger partial charge is 0.417 e. The molecule has 1 amide bonds. The van der Waals surface area contributed by atoms with E-state index in [0.717, 1.165) is 39.0 Å². The summed E-state index contributed by atoms with van der Waals surface area (Å²) in [5, 5.41) is 6.97. The lowest BCUT2D eigenvalue weighted by molar-refractivity contribution is -0.272. The molecule has 4 rings (SSSR count). The molecule has 0 bridgehead atoms. The Morgan fingerprint density at radius 2 is 1.92 bits per heavy atom. The van der Waals surface area contributed by atoms with E-state index < -0.39 is 53.0 Å². The van der Waals surface area contributed by atoms with Crippen molar-refractivity contribution >= 4 is 11.6 Å². The van der Waals surface area contributed by atoms with Crippen LogP contribution >= 0.6 is 0 Å². The first-order chi connectivity index (χ1) is 16.9. The third-order valence-corrected chi connectivity index (χ3v) is 7.41. The van der Waals surface area contributed by atoms with E-state index in [1.54, 1.807) is 11.6 Å². The highest BCUT2D eigenvalue weighted by Gasteiger charge is 2.66. The average Bonchev–Trinajstić information content (AvgIpc) is 3.33. The summed E-state index contributed by atoms with van der Waals surface area (Å²) < 4.78 is 88.2. The molecule has 1 aromatic carbocycles. The number of nitrogens with zero attached hydrogens (tertiary/aromatic N) is 2. The van der Waals surface area contributed by atoms with Crippen molar-refractivity contribution in [2.24, 2.45) is 5.92 Å². The third-order valence-electron chi connectivity index (χ3n) is 7.41. The fraction of sp³-hybridized carbons (Fsp3) is 0.583. The fourth-order valence-electron chi connectivity index (χ4n) is 5.09. The van der Waals surface area contributed by atoms with Crippen molar-refractivity contribution in [3.8, 4) is 5.75 Å². The predicted octanol–water partition coefficient (Wildman–Crippen LogP) is 4.91.